The zero-order chi connectivity index (χ0) is 32.7. The molecule has 7 rings (SSSR count). The first-order valence-corrected chi connectivity index (χ1v) is 16.6. The molecule has 10 atom stereocenters. The van der Waals surface area contributed by atoms with Crippen molar-refractivity contribution in [3.05, 3.63) is 41.3 Å². The van der Waals surface area contributed by atoms with E-state index in [4.69, 9.17) is 48.4 Å². The van der Waals surface area contributed by atoms with E-state index in [0.717, 1.165) is 28.0 Å². The highest BCUT2D eigenvalue weighted by atomic mass is 31.2. The van der Waals surface area contributed by atoms with Crippen molar-refractivity contribution >= 4 is 58.1 Å². The number of aryl methyl sites for hydroxylation is 1. The van der Waals surface area contributed by atoms with Gasteiger partial charge in [-0.25, -0.2) is 33.1 Å². The van der Waals surface area contributed by atoms with Gasteiger partial charge in [0.1, 0.15) is 41.6 Å². The Balaban J connectivity index is 1.18. The molecule has 0 amide bonds. The van der Waals surface area contributed by atoms with Gasteiger partial charge >= 0.3 is 0 Å². The van der Waals surface area contributed by atoms with Crippen molar-refractivity contribution in [2.24, 2.45) is 7.05 Å². The average molecular weight is 682 g/mol. The van der Waals surface area contributed by atoms with Crippen LogP contribution in [0.5, 0.6) is 0 Å². The molecule has 3 fully saturated rings. The smallest absolute Gasteiger partial charge is 0.265 e. The lowest BCUT2D eigenvalue weighted by atomic mass is 10.1. The first-order valence-electron chi connectivity index (χ1n) is 13.4. The fourth-order valence-corrected chi connectivity index (χ4v) is 7.56. The van der Waals surface area contributed by atoms with Crippen molar-refractivity contribution in [2.45, 2.75) is 49.2 Å². The van der Waals surface area contributed by atoms with Crippen molar-refractivity contribution in [1.29, 1.82) is 0 Å². The highest BCUT2D eigenvalue weighted by molar-refractivity contribution is 7.79. The second kappa shape index (κ2) is 11.3. The third-order valence-corrected chi connectivity index (χ3v) is 9.78. The molecule has 46 heavy (non-hydrogen) atoms. The average Bonchev–Trinajstić information content (AvgIpc) is 3.73. The van der Waals surface area contributed by atoms with Crippen LogP contribution >= 0.6 is 14.9 Å². The number of hydrogen-bond acceptors (Lipinski definition) is 14. The number of fused-ring (bicyclic) bond motifs is 4. The Bertz CT molecular complexity index is 2000. The van der Waals surface area contributed by atoms with E-state index in [9.17, 15) is 18.3 Å². The molecule has 3 saturated heterocycles. The van der Waals surface area contributed by atoms with Gasteiger partial charge in [0.15, 0.2) is 47.7 Å². The Kier molecular flexibility index (Phi) is 7.72. The Morgan fingerprint density at radius 1 is 0.891 bits per heavy atom. The summed E-state index contributed by atoms with van der Waals surface area (Å²) in [4.78, 5) is 28.4. The van der Waals surface area contributed by atoms with E-state index >= 15 is 8.78 Å². The van der Waals surface area contributed by atoms with Crippen LogP contribution in [0.15, 0.2) is 30.0 Å². The number of imidazole rings is 1. The molecule has 3 aliphatic rings. The van der Waals surface area contributed by atoms with Crippen LogP contribution < -0.4 is 11.3 Å². The third kappa shape index (κ3) is 5.30. The quantitative estimate of drug-likeness (QED) is 0.233. The molecule has 0 bridgehead atoms. The topological polar surface area (TPSA) is 199 Å². The summed E-state index contributed by atoms with van der Waals surface area (Å²) in [6, 6.07) is 0. The van der Waals surface area contributed by atoms with Crippen molar-refractivity contribution in [2.75, 3.05) is 18.9 Å². The predicted octanol–water partition coefficient (Wildman–Crippen LogP) is 1.14. The summed E-state index contributed by atoms with van der Waals surface area (Å²) in [5, 5.41) is -0.443. The van der Waals surface area contributed by atoms with E-state index in [1.54, 1.807) is 0 Å². The molecule has 0 spiro atoms. The Morgan fingerprint density at radius 2 is 1.48 bits per heavy atom. The number of nitrogens with two attached hydrogens (primary N) is 1. The zero-order valence-corrected chi connectivity index (χ0v) is 25.2. The molecule has 0 aromatic carbocycles. The fraction of sp³-hybridized carbons (Fsp3) is 0.500. The summed E-state index contributed by atoms with van der Waals surface area (Å²) in [6.07, 6.45) is -10.0. The van der Waals surface area contributed by atoms with Gasteiger partial charge in [0.05, 0.1) is 25.9 Å². The highest BCUT2D eigenvalue weighted by Crippen LogP contribution is 2.54. The second-order valence-corrected chi connectivity index (χ2v) is 13.8. The van der Waals surface area contributed by atoms with Crippen LogP contribution in [0.25, 0.3) is 22.2 Å². The standard InChI is InChI=1S/C22H21B2F3N8O9P2/c1-33-6-32-18-11(20(33)36)8(25)2-34(18)21-12(26)15-9(41-21)3-39-46(24,38)44-16-10(4-40-45(23,37)43-15)42-22(13(16)27)35-7-31-14-17(28)29-5-30-19(14)35/h2,5-7,9-10,12-13,15-16,21-22H,3-4H2,1H3,(H2,28,29,30)/t9-,10-,12+,13?,15?,16+,21-,22-,45?,46?/m1/s1. The first kappa shape index (κ1) is 31.5. The summed E-state index contributed by atoms with van der Waals surface area (Å²) < 4.78 is 109. The van der Waals surface area contributed by atoms with Gasteiger partial charge in [-0.15, -0.1) is 0 Å². The minimum Gasteiger partial charge on any atom is -0.382 e. The van der Waals surface area contributed by atoms with E-state index in [2.05, 4.69) is 19.9 Å². The van der Waals surface area contributed by atoms with E-state index < -0.39 is 94.1 Å². The number of nitrogens with zero attached hydrogens (tertiary/aromatic N) is 7. The Labute approximate surface area is 258 Å². The van der Waals surface area contributed by atoms with E-state index in [1.165, 1.54) is 17.9 Å². The van der Waals surface area contributed by atoms with E-state index in [-0.39, 0.29) is 22.6 Å². The number of ether oxygens (including phenoxy) is 2. The zero-order valence-electron chi connectivity index (χ0n) is 23.4. The number of hydrogen-bond donors (Lipinski definition) is 1. The van der Waals surface area contributed by atoms with Crippen LogP contribution in [-0.4, -0.2) is 98.7 Å². The van der Waals surface area contributed by atoms with Crippen molar-refractivity contribution in [3.8, 4) is 0 Å². The lowest BCUT2D eigenvalue weighted by Gasteiger charge is -2.29. The van der Waals surface area contributed by atoms with Crippen molar-refractivity contribution in [3.63, 3.8) is 0 Å². The second-order valence-electron chi connectivity index (χ2n) is 10.7. The Morgan fingerprint density at radius 3 is 2.09 bits per heavy atom. The molecule has 240 valence electrons. The molecule has 0 aliphatic carbocycles. The Hall–Kier alpha value is -3.09. The normalized spacial score (nSPS) is 37.1. The molecule has 4 unspecified atom stereocenters. The van der Waals surface area contributed by atoms with Crippen LogP contribution in [0.2, 0.25) is 0 Å². The van der Waals surface area contributed by atoms with Crippen LogP contribution in [0, 0.1) is 5.82 Å². The maximum atomic E-state index is 16.0. The summed E-state index contributed by atoms with van der Waals surface area (Å²) in [5.74, 6) is -0.999. The van der Waals surface area contributed by atoms with Gasteiger partial charge in [-0.3, -0.25) is 23.1 Å². The molecule has 3 aliphatic heterocycles. The molecule has 17 nitrogen and oxygen atoms in total. The summed E-state index contributed by atoms with van der Waals surface area (Å²) >= 11 is 0. The number of nitrogen functional groups attached to an aromatic ring is 1. The van der Waals surface area contributed by atoms with Crippen molar-refractivity contribution in [1.82, 2.24) is 33.6 Å². The molecular formula is C22H21B2F3N8O9P2. The number of anilines is 1. The number of halogens is 3. The van der Waals surface area contributed by atoms with Gasteiger partial charge in [-0.1, -0.05) is 0 Å². The lowest BCUT2D eigenvalue weighted by Crippen LogP contribution is -2.37. The molecule has 24 heteroatoms. The summed E-state index contributed by atoms with van der Waals surface area (Å²) in [7, 11) is 3.57. The van der Waals surface area contributed by atoms with Crippen LogP contribution in [0.1, 0.15) is 12.5 Å². The summed E-state index contributed by atoms with van der Waals surface area (Å²) in [6.45, 7) is -1.61. The van der Waals surface area contributed by atoms with Gasteiger partial charge < -0.3 is 37.9 Å². The third-order valence-electron chi connectivity index (χ3n) is 7.69. The van der Waals surface area contributed by atoms with Gasteiger partial charge in [0, 0.05) is 13.2 Å². The molecule has 4 aromatic rings. The number of alkyl halides is 2. The highest BCUT2D eigenvalue weighted by Gasteiger charge is 2.53. The molecule has 2 N–H and O–H groups in total. The molecule has 7 heterocycles. The van der Waals surface area contributed by atoms with Crippen LogP contribution in [-0.2, 0) is 43.7 Å². The molecule has 0 saturated carbocycles. The minimum atomic E-state index is -4.69. The van der Waals surface area contributed by atoms with Gasteiger partial charge in [0.2, 0.25) is 15.1 Å². The first-order chi connectivity index (χ1) is 21.7. The molecule has 4 radical (unpaired) electrons. The predicted molar refractivity (Wildman–Crippen MR) is 151 cm³/mol. The number of aromatic nitrogens is 7. The minimum absolute atomic E-state index is 0.0149. The largest absolute Gasteiger partial charge is 0.382 e. The van der Waals surface area contributed by atoms with Crippen molar-refractivity contribution < 1.29 is 49.9 Å². The monoisotopic (exact) mass is 682 g/mol. The summed E-state index contributed by atoms with van der Waals surface area (Å²) in [5.41, 5.74) is 5.04. The van der Waals surface area contributed by atoms with Gasteiger partial charge in [-0.2, -0.15) is 0 Å². The SMILES string of the molecule is [B]P1(=O)OC[C@H]2O[C@@H](n3cnc4c(N)ncnc43)C(F)[C@H]2OP([B])(=O)OC[C@H]2O[C@@H](n3cc(F)c4c(=O)n(C)cnc43)[C@@H](F)C2O1. The van der Waals surface area contributed by atoms with Crippen LogP contribution in [0.3, 0.4) is 0 Å². The lowest BCUT2D eigenvalue weighted by molar-refractivity contribution is -0.0548. The van der Waals surface area contributed by atoms with Gasteiger partial charge in [0.25, 0.3) is 20.5 Å². The van der Waals surface area contributed by atoms with Crippen LogP contribution in [0.4, 0.5) is 19.0 Å². The maximum Gasteiger partial charge on any atom is 0.265 e. The van der Waals surface area contributed by atoms with Gasteiger partial charge in [-0.05, 0) is 0 Å². The fourth-order valence-electron chi connectivity index (χ4n) is 5.54. The molecule has 4 aromatic heterocycles. The van der Waals surface area contributed by atoms with E-state index in [0.29, 0.717) is 0 Å². The molecular weight excluding hydrogens is 661 g/mol. The number of rotatable bonds is 2. The maximum absolute atomic E-state index is 16.0. The van der Waals surface area contributed by atoms with E-state index in [1.807, 2.05) is 0 Å².